The van der Waals surface area contributed by atoms with Crippen LogP contribution in [-0.2, 0) is 4.79 Å². The number of carbonyl (C=O) groups excluding carboxylic acids is 1. The molecule has 0 bridgehead atoms. The first-order valence-electron chi connectivity index (χ1n) is 6.18. The van der Waals surface area contributed by atoms with Gasteiger partial charge in [-0.25, -0.2) is 0 Å². The SMILES string of the molecule is CCC(C(=O)N(C)CC1CCN(C)C1)C(N)=S. The molecule has 1 amide bonds. The van der Waals surface area contributed by atoms with Gasteiger partial charge in [-0.2, -0.15) is 0 Å². The minimum Gasteiger partial charge on any atom is -0.393 e. The van der Waals surface area contributed by atoms with Crippen molar-refractivity contribution >= 4 is 23.1 Å². The molecule has 0 aromatic carbocycles. The second-order valence-electron chi connectivity index (χ2n) is 5.00. The summed E-state index contributed by atoms with van der Waals surface area (Å²) in [4.78, 5) is 16.5. The maximum absolute atomic E-state index is 12.1. The molecule has 0 spiro atoms. The maximum atomic E-state index is 12.1. The molecule has 1 heterocycles. The Morgan fingerprint density at radius 3 is 2.71 bits per heavy atom. The van der Waals surface area contributed by atoms with Gasteiger partial charge in [0.25, 0.3) is 0 Å². The van der Waals surface area contributed by atoms with Crippen molar-refractivity contribution in [3.8, 4) is 0 Å². The van der Waals surface area contributed by atoms with Crippen LogP contribution in [0.4, 0.5) is 0 Å². The van der Waals surface area contributed by atoms with E-state index in [-0.39, 0.29) is 11.8 Å². The smallest absolute Gasteiger partial charge is 0.232 e. The Morgan fingerprint density at radius 2 is 2.29 bits per heavy atom. The van der Waals surface area contributed by atoms with Crippen LogP contribution < -0.4 is 5.73 Å². The number of likely N-dealkylation sites (tertiary alicyclic amines) is 1. The van der Waals surface area contributed by atoms with Crippen LogP contribution in [0.15, 0.2) is 0 Å². The van der Waals surface area contributed by atoms with Gasteiger partial charge in [-0.1, -0.05) is 19.1 Å². The second kappa shape index (κ2) is 6.31. The Hall–Kier alpha value is -0.680. The van der Waals surface area contributed by atoms with E-state index in [1.807, 2.05) is 14.0 Å². The summed E-state index contributed by atoms with van der Waals surface area (Å²) in [6.07, 6.45) is 1.85. The molecule has 0 aromatic rings. The first-order valence-corrected chi connectivity index (χ1v) is 6.59. The summed E-state index contributed by atoms with van der Waals surface area (Å²) in [5.41, 5.74) is 5.59. The highest BCUT2D eigenvalue weighted by molar-refractivity contribution is 7.80. The van der Waals surface area contributed by atoms with Gasteiger partial charge < -0.3 is 15.5 Å². The van der Waals surface area contributed by atoms with Crippen LogP contribution in [0.5, 0.6) is 0 Å². The largest absolute Gasteiger partial charge is 0.393 e. The quantitative estimate of drug-likeness (QED) is 0.737. The monoisotopic (exact) mass is 257 g/mol. The lowest BCUT2D eigenvalue weighted by Crippen LogP contribution is -2.41. The van der Waals surface area contributed by atoms with Crippen LogP contribution >= 0.6 is 12.2 Å². The fourth-order valence-corrected chi connectivity index (χ4v) is 2.68. The molecule has 1 aliphatic heterocycles. The summed E-state index contributed by atoms with van der Waals surface area (Å²) in [5, 5.41) is 0. The first kappa shape index (κ1) is 14.4. The van der Waals surface area contributed by atoms with E-state index < -0.39 is 0 Å². The molecule has 0 saturated carbocycles. The van der Waals surface area contributed by atoms with Crippen molar-refractivity contribution in [2.75, 3.05) is 33.7 Å². The Balaban J connectivity index is 2.48. The topological polar surface area (TPSA) is 49.6 Å². The molecule has 2 N–H and O–H groups in total. The van der Waals surface area contributed by atoms with Crippen LogP contribution in [0.3, 0.4) is 0 Å². The molecular formula is C12H23N3OS. The Kier molecular flexibility index (Phi) is 5.33. The van der Waals surface area contributed by atoms with Crippen molar-refractivity contribution in [3.05, 3.63) is 0 Å². The predicted octanol–water partition coefficient (Wildman–Crippen LogP) is 0.709. The van der Waals surface area contributed by atoms with Gasteiger partial charge >= 0.3 is 0 Å². The fraction of sp³-hybridized carbons (Fsp3) is 0.833. The summed E-state index contributed by atoms with van der Waals surface area (Å²) >= 11 is 4.94. The van der Waals surface area contributed by atoms with Crippen molar-refractivity contribution in [2.24, 2.45) is 17.6 Å². The zero-order valence-corrected chi connectivity index (χ0v) is 11.8. The normalized spacial score (nSPS) is 22.4. The number of hydrogen-bond acceptors (Lipinski definition) is 3. The third-order valence-corrected chi connectivity index (χ3v) is 3.73. The summed E-state index contributed by atoms with van der Waals surface area (Å²) in [5.74, 6) is 0.349. The average Bonchev–Trinajstić information content (AvgIpc) is 2.64. The van der Waals surface area contributed by atoms with Gasteiger partial charge in [0.05, 0.1) is 10.9 Å². The maximum Gasteiger partial charge on any atom is 0.232 e. The lowest BCUT2D eigenvalue weighted by Gasteiger charge is -2.25. The third kappa shape index (κ3) is 3.92. The molecule has 1 aliphatic rings. The van der Waals surface area contributed by atoms with E-state index in [0.717, 1.165) is 26.1 Å². The summed E-state index contributed by atoms with van der Waals surface area (Å²) in [7, 11) is 3.97. The molecule has 0 aliphatic carbocycles. The highest BCUT2D eigenvalue weighted by Crippen LogP contribution is 2.16. The number of amides is 1. The van der Waals surface area contributed by atoms with Crippen molar-refractivity contribution < 1.29 is 4.79 Å². The van der Waals surface area contributed by atoms with Crippen LogP contribution in [0, 0.1) is 11.8 Å². The summed E-state index contributed by atoms with van der Waals surface area (Å²) in [6.45, 7) is 4.95. The number of thiocarbonyl (C=S) groups is 1. The molecule has 2 atom stereocenters. The molecule has 0 aromatic heterocycles. The van der Waals surface area contributed by atoms with Crippen LogP contribution in [-0.4, -0.2) is 54.4 Å². The van der Waals surface area contributed by atoms with Gasteiger partial charge in [-0.15, -0.1) is 0 Å². The molecule has 1 rings (SSSR count). The number of hydrogen-bond donors (Lipinski definition) is 1. The van der Waals surface area contributed by atoms with E-state index in [9.17, 15) is 4.79 Å². The molecule has 2 unspecified atom stereocenters. The number of rotatable bonds is 5. The van der Waals surface area contributed by atoms with E-state index >= 15 is 0 Å². The van der Waals surface area contributed by atoms with Gasteiger partial charge in [0, 0.05) is 20.1 Å². The lowest BCUT2D eigenvalue weighted by atomic mass is 10.0. The average molecular weight is 257 g/mol. The Bertz CT molecular complexity index is 295. The van der Waals surface area contributed by atoms with Crippen LogP contribution in [0.2, 0.25) is 0 Å². The standard InChI is InChI=1S/C12H23N3OS/c1-4-10(11(13)17)12(16)15(3)8-9-5-6-14(2)7-9/h9-10H,4-8H2,1-3H3,(H2,13,17). The first-order chi connectivity index (χ1) is 7.95. The molecule has 0 radical (unpaired) electrons. The van der Waals surface area contributed by atoms with E-state index in [0.29, 0.717) is 17.3 Å². The highest BCUT2D eigenvalue weighted by atomic mass is 32.1. The fourth-order valence-electron chi connectivity index (χ4n) is 2.42. The Morgan fingerprint density at radius 1 is 1.65 bits per heavy atom. The molecule has 17 heavy (non-hydrogen) atoms. The molecule has 4 nitrogen and oxygen atoms in total. The molecule has 1 fully saturated rings. The molecule has 98 valence electrons. The van der Waals surface area contributed by atoms with Gasteiger partial charge in [0.1, 0.15) is 0 Å². The van der Waals surface area contributed by atoms with E-state index in [1.165, 1.54) is 0 Å². The minimum atomic E-state index is -0.297. The van der Waals surface area contributed by atoms with Crippen LogP contribution in [0.25, 0.3) is 0 Å². The second-order valence-corrected chi connectivity index (χ2v) is 5.47. The van der Waals surface area contributed by atoms with Crippen molar-refractivity contribution in [3.63, 3.8) is 0 Å². The third-order valence-electron chi connectivity index (χ3n) is 3.45. The predicted molar refractivity (Wildman–Crippen MR) is 73.8 cm³/mol. The van der Waals surface area contributed by atoms with Gasteiger partial charge in [-0.05, 0) is 32.4 Å². The van der Waals surface area contributed by atoms with Crippen LogP contribution in [0.1, 0.15) is 19.8 Å². The van der Waals surface area contributed by atoms with E-state index in [4.69, 9.17) is 18.0 Å². The number of nitrogens with two attached hydrogens (primary N) is 1. The Labute approximate surface area is 109 Å². The van der Waals surface area contributed by atoms with Crippen molar-refractivity contribution in [1.29, 1.82) is 0 Å². The van der Waals surface area contributed by atoms with Crippen molar-refractivity contribution in [2.45, 2.75) is 19.8 Å². The van der Waals surface area contributed by atoms with Gasteiger partial charge in [0.15, 0.2) is 0 Å². The van der Waals surface area contributed by atoms with Crippen molar-refractivity contribution in [1.82, 2.24) is 9.80 Å². The lowest BCUT2D eigenvalue weighted by molar-refractivity contribution is -0.132. The number of carbonyl (C=O) groups is 1. The summed E-state index contributed by atoms with van der Waals surface area (Å²) in [6, 6.07) is 0. The number of nitrogens with zero attached hydrogens (tertiary/aromatic N) is 2. The van der Waals surface area contributed by atoms with Gasteiger partial charge in [0.2, 0.25) is 5.91 Å². The zero-order chi connectivity index (χ0) is 13.0. The van der Waals surface area contributed by atoms with E-state index in [1.54, 1.807) is 4.90 Å². The summed E-state index contributed by atoms with van der Waals surface area (Å²) < 4.78 is 0. The van der Waals surface area contributed by atoms with E-state index in [2.05, 4.69) is 11.9 Å². The molecule has 1 saturated heterocycles. The van der Waals surface area contributed by atoms with Gasteiger partial charge in [-0.3, -0.25) is 4.79 Å². The highest BCUT2D eigenvalue weighted by Gasteiger charge is 2.27. The zero-order valence-electron chi connectivity index (χ0n) is 11.0. The molecular weight excluding hydrogens is 234 g/mol. The minimum absolute atomic E-state index is 0.0644. The molecule has 5 heteroatoms.